The number of fused-ring (bicyclic) bond motifs is 1. The zero-order valence-electron chi connectivity index (χ0n) is 10.7. The summed E-state index contributed by atoms with van der Waals surface area (Å²) in [6.07, 6.45) is 7.22. The quantitative estimate of drug-likeness (QED) is 0.907. The number of carboxylic acid groups (broad SMARTS) is 1. The van der Waals surface area contributed by atoms with E-state index in [9.17, 15) is 4.79 Å². The zero-order valence-corrected chi connectivity index (χ0v) is 10.7. The lowest BCUT2D eigenvalue weighted by Gasteiger charge is -2.12. The van der Waals surface area contributed by atoms with Crippen LogP contribution >= 0.6 is 0 Å². The molecule has 5 nitrogen and oxygen atoms in total. The lowest BCUT2D eigenvalue weighted by molar-refractivity contribution is 0.0698. The normalized spacial score (nSPS) is 16.2. The highest BCUT2D eigenvalue weighted by Gasteiger charge is 2.14. The molecule has 0 spiro atoms. The molecular formula is C14H17N3O2. The molecule has 0 aromatic carbocycles. The fraction of sp³-hybridized carbons (Fsp3) is 0.429. The van der Waals surface area contributed by atoms with E-state index in [0.717, 1.165) is 18.7 Å². The molecule has 2 aromatic rings. The van der Waals surface area contributed by atoms with E-state index in [2.05, 4.69) is 9.88 Å². The Morgan fingerprint density at radius 2 is 2.16 bits per heavy atom. The topological polar surface area (TPSA) is 57.8 Å². The Kier molecular flexibility index (Phi) is 3.21. The van der Waals surface area contributed by atoms with E-state index < -0.39 is 5.97 Å². The van der Waals surface area contributed by atoms with Gasteiger partial charge in [-0.25, -0.2) is 9.78 Å². The molecule has 0 radical (unpaired) electrons. The molecule has 0 unspecified atom stereocenters. The molecule has 1 aliphatic heterocycles. The Morgan fingerprint density at radius 1 is 1.37 bits per heavy atom. The summed E-state index contributed by atoms with van der Waals surface area (Å²) in [7, 11) is 0. The van der Waals surface area contributed by atoms with Gasteiger partial charge in [0.25, 0.3) is 0 Å². The van der Waals surface area contributed by atoms with Gasteiger partial charge in [-0.3, -0.25) is 0 Å². The summed E-state index contributed by atoms with van der Waals surface area (Å²) in [6, 6.07) is 3.33. The summed E-state index contributed by atoms with van der Waals surface area (Å²) in [5, 5.41) is 9.13. The van der Waals surface area contributed by atoms with Gasteiger partial charge in [-0.1, -0.05) is 0 Å². The number of nitrogens with zero attached hydrogens (tertiary/aromatic N) is 3. The first-order valence-electron chi connectivity index (χ1n) is 6.66. The first-order chi connectivity index (χ1) is 9.24. The second-order valence-corrected chi connectivity index (χ2v) is 4.99. The predicted molar refractivity (Wildman–Crippen MR) is 71.5 cm³/mol. The van der Waals surface area contributed by atoms with Gasteiger partial charge in [0, 0.05) is 25.4 Å². The number of pyridine rings is 1. The molecular weight excluding hydrogens is 242 g/mol. The largest absolute Gasteiger partial charge is 0.478 e. The minimum Gasteiger partial charge on any atom is -0.478 e. The summed E-state index contributed by atoms with van der Waals surface area (Å²) in [5.41, 5.74) is 1.75. The number of rotatable bonds is 4. The molecule has 0 amide bonds. The SMILES string of the molecule is O=C(O)c1cccn2cc(CCN3CCCC3)nc12. The third-order valence-electron chi connectivity index (χ3n) is 3.65. The number of carbonyl (C=O) groups is 1. The van der Waals surface area contributed by atoms with Gasteiger partial charge in [-0.2, -0.15) is 0 Å². The van der Waals surface area contributed by atoms with Crippen LogP contribution in [0.4, 0.5) is 0 Å². The number of hydrogen-bond donors (Lipinski definition) is 1. The smallest absolute Gasteiger partial charge is 0.339 e. The first-order valence-corrected chi connectivity index (χ1v) is 6.66. The predicted octanol–water partition coefficient (Wildman–Crippen LogP) is 1.67. The van der Waals surface area contributed by atoms with Crippen LogP contribution in [0.3, 0.4) is 0 Å². The van der Waals surface area contributed by atoms with Gasteiger partial charge in [0.2, 0.25) is 0 Å². The second kappa shape index (κ2) is 5.01. The number of hydrogen-bond acceptors (Lipinski definition) is 3. The summed E-state index contributed by atoms with van der Waals surface area (Å²) in [5.74, 6) is -0.928. The lowest BCUT2D eigenvalue weighted by Crippen LogP contribution is -2.21. The van der Waals surface area contributed by atoms with Crippen molar-refractivity contribution in [2.45, 2.75) is 19.3 Å². The van der Waals surface area contributed by atoms with Crippen LogP contribution in [0, 0.1) is 0 Å². The van der Waals surface area contributed by atoms with Crippen LogP contribution in [-0.2, 0) is 6.42 Å². The average Bonchev–Trinajstić information content (AvgIpc) is 3.04. The summed E-state index contributed by atoms with van der Waals surface area (Å²) < 4.78 is 1.79. The summed E-state index contributed by atoms with van der Waals surface area (Å²) in [6.45, 7) is 3.35. The van der Waals surface area contributed by atoms with E-state index in [1.807, 2.05) is 12.4 Å². The van der Waals surface area contributed by atoms with Crippen LogP contribution in [0.5, 0.6) is 0 Å². The molecule has 0 atom stereocenters. The maximum atomic E-state index is 11.1. The van der Waals surface area contributed by atoms with E-state index in [0.29, 0.717) is 5.65 Å². The van der Waals surface area contributed by atoms with E-state index in [4.69, 9.17) is 5.11 Å². The molecule has 3 heterocycles. The van der Waals surface area contributed by atoms with Crippen molar-refractivity contribution in [2.24, 2.45) is 0 Å². The average molecular weight is 259 g/mol. The van der Waals surface area contributed by atoms with Crippen LogP contribution in [0.15, 0.2) is 24.5 Å². The van der Waals surface area contributed by atoms with E-state index >= 15 is 0 Å². The van der Waals surface area contributed by atoms with Crippen LogP contribution in [0.2, 0.25) is 0 Å². The molecule has 3 rings (SSSR count). The van der Waals surface area contributed by atoms with Crippen LogP contribution in [-0.4, -0.2) is 45.0 Å². The molecule has 0 saturated carbocycles. The third-order valence-corrected chi connectivity index (χ3v) is 3.65. The van der Waals surface area contributed by atoms with Crippen LogP contribution in [0.25, 0.3) is 5.65 Å². The van der Waals surface area contributed by atoms with E-state index in [-0.39, 0.29) is 5.56 Å². The van der Waals surface area contributed by atoms with Crippen molar-refractivity contribution in [2.75, 3.05) is 19.6 Å². The van der Waals surface area contributed by atoms with Crippen molar-refractivity contribution in [3.05, 3.63) is 35.8 Å². The minimum absolute atomic E-state index is 0.259. The monoisotopic (exact) mass is 259 g/mol. The Morgan fingerprint density at radius 3 is 2.89 bits per heavy atom. The number of imidazole rings is 1. The van der Waals surface area contributed by atoms with Crippen molar-refractivity contribution >= 4 is 11.6 Å². The zero-order chi connectivity index (χ0) is 13.2. The molecule has 0 aliphatic carbocycles. The molecule has 2 aromatic heterocycles. The third kappa shape index (κ3) is 2.46. The van der Waals surface area contributed by atoms with Gasteiger partial charge in [-0.15, -0.1) is 0 Å². The highest BCUT2D eigenvalue weighted by atomic mass is 16.4. The van der Waals surface area contributed by atoms with Gasteiger partial charge in [0.05, 0.1) is 5.69 Å². The Balaban J connectivity index is 1.80. The standard InChI is InChI=1S/C14H17N3O2/c18-14(19)12-4-3-8-17-10-11(15-13(12)17)5-9-16-6-1-2-7-16/h3-4,8,10H,1-2,5-7,9H2,(H,18,19). The van der Waals surface area contributed by atoms with Crippen molar-refractivity contribution in [1.82, 2.24) is 14.3 Å². The van der Waals surface area contributed by atoms with Gasteiger partial charge >= 0.3 is 5.97 Å². The van der Waals surface area contributed by atoms with Gasteiger partial charge < -0.3 is 14.4 Å². The number of carboxylic acids is 1. The van der Waals surface area contributed by atoms with Gasteiger partial charge in [0.1, 0.15) is 5.56 Å². The molecule has 1 fully saturated rings. The molecule has 5 heteroatoms. The van der Waals surface area contributed by atoms with Crippen molar-refractivity contribution in [3.8, 4) is 0 Å². The van der Waals surface area contributed by atoms with Gasteiger partial charge in [-0.05, 0) is 38.1 Å². The number of likely N-dealkylation sites (tertiary alicyclic amines) is 1. The maximum Gasteiger partial charge on any atom is 0.339 e. The van der Waals surface area contributed by atoms with E-state index in [1.165, 1.54) is 25.9 Å². The van der Waals surface area contributed by atoms with E-state index in [1.54, 1.807) is 16.5 Å². The minimum atomic E-state index is -0.928. The fourth-order valence-corrected chi connectivity index (χ4v) is 2.63. The van der Waals surface area contributed by atoms with Crippen molar-refractivity contribution in [3.63, 3.8) is 0 Å². The molecule has 1 aliphatic rings. The number of aromatic carboxylic acids is 1. The molecule has 1 N–H and O–H groups in total. The molecule has 100 valence electrons. The first kappa shape index (κ1) is 12.2. The van der Waals surface area contributed by atoms with Crippen molar-refractivity contribution in [1.29, 1.82) is 0 Å². The highest BCUT2D eigenvalue weighted by molar-refractivity contribution is 5.94. The highest BCUT2D eigenvalue weighted by Crippen LogP contribution is 2.13. The fourth-order valence-electron chi connectivity index (χ4n) is 2.63. The lowest BCUT2D eigenvalue weighted by atomic mass is 10.3. The van der Waals surface area contributed by atoms with Crippen LogP contribution in [0.1, 0.15) is 28.9 Å². The van der Waals surface area contributed by atoms with Crippen LogP contribution < -0.4 is 0 Å². The Hall–Kier alpha value is -1.88. The Bertz CT molecular complexity index is 600. The summed E-state index contributed by atoms with van der Waals surface area (Å²) in [4.78, 5) is 18.0. The molecule has 1 saturated heterocycles. The number of aromatic nitrogens is 2. The molecule has 0 bridgehead atoms. The Labute approximate surface area is 111 Å². The van der Waals surface area contributed by atoms with Crippen molar-refractivity contribution < 1.29 is 9.90 Å². The second-order valence-electron chi connectivity index (χ2n) is 4.99. The van der Waals surface area contributed by atoms with Gasteiger partial charge in [0.15, 0.2) is 5.65 Å². The summed E-state index contributed by atoms with van der Waals surface area (Å²) >= 11 is 0. The maximum absolute atomic E-state index is 11.1. The molecule has 19 heavy (non-hydrogen) atoms.